The first-order valence-electron chi connectivity index (χ1n) is 4.57. The van der Waals surface area contributed by atoms with Crippen molar-refractivity contribution in [2.75, 3.05) is 19.6 Å². The number of rotatable bonds is 4. The average Bonchev–Trinajstić information content (AvgIpc) is 2.02. The molecular weight excluding hydrogens is 200 g/mol. The first-order chi connectivity index (χ1) is 5.26. The van der Waals surface area contributed by atoms with Gasteiger partial charge in [-0.1, -0.05) is 20.8 Å². The van der Waals surface area contributed by atoms with Crippen molar-refractivity contribution >= 4 is 0 Å². The molecule has 0 aromatic rings. The van der Waals surface area contributed by atoms with Crippen LogP contribution in [-0.4, -0.2) is 24.5 Å². The van der Waals surface area contributed by atoms with Crippen LogP contribution in [0.25, 0.3) is 0 Å². The van der Waals surface area contributed by atoms with Crippen molar-refractivity contribution in [3.8, 4) is 0 Å². The molecule has 2 heteroatoms. The first kappa shape index (κ1) is 18.4. The maximum atomic E-state index is 3.78. The molecule has 0 aliphatic heterocycles. The van der Waals surface area contributed by atoms with Crippen LogP contribution in [0.2, 0.25) is 0 Å². The Labute approximate surface area is 91.7 Å². The summed E-state index contributed by atoms with van der Waals surface area (Å²) in [5.41, 5.74) is 0. The van der Waals surface area contributed by atoms with Crippen LogP contribution in [0.4, 0.5) is 0 Å². The standard InChI is InChI=1S/C7H16N.C3H7.Zn/c1-4-7-8(5-2)6-3;1-3-2;/h1,4-7H2,2-3H3;1,3H2,2H3;/q2*-1;+2. The van der Waals surface area contributed by atoms with Crippen molar-refractivity contribution in [3.63, 3.8) is 0 Å². The Bertz CT molecular complexity index is 53.8. The van der Waals surface area contributed by atoms with Crippen molar-refractivity contribution in [2.45, 2.75) is 33.6 Å². The summed E-state index contributed by atoms with van der Waals surface area (Å²) in [5, 5.41) is 0. The van der Waals surface area contributed by atoms with E-state index in [4.69, 9.17) is 0 Å². The van der Waals surface area contributed by atoms with Gasteiger partial charge in [0.1, 0.15) is 0 Å². The quantitative estimate of drug-likeness (QED) is 0.522. The van der Waals surface area contributed by atoms with Gasteiger partial charge in [-0.15, -0.1) is 0 Å². The number of nitrogens with zero attached hydrogens (tertiary/aromatic N) is 1. The Hall–Kier alpha value is 0.583. The Balaban J connectivity index is -0.000000177. The monoisotopic (exact) mass is 221 g/mol. The second-order valence-electron chi connectivity index (χ2n) is 2.38. The van der Waals surface area contributed by atoms with E-state index in [1.807, 2.05) is 6.92 Å². The molecule has 0 unspecified atom stereocenters. The van der Waals surface area contributed by atoms with Gasteiger partial charge in [-0.3, -0.25) is 0 Å². The summed E-state index contributed by atoms with van der Waals surface area (Å²) < 4.78 is 0. The van der Waals surface area contributed by atoms with Gasteiger partial charge >= 0.3 is 19.5 Å². The maximum Gasteiger partial charge on any atom is 2.00 e. The van der Waals surface area contributed by atoms with Crippen LogP contribution in [0.15, 0.2) is 0 Å². The van der Waals surface area contributed by atoms with E-state index in [1.165, 1.54) is 0 Å². The van der Waals surface area contributed by atoms with Gasteiger partial charge in [0.25, 0.3) is 0 Å². The predicted molar refractivity (Wildman–Crippen MR) is 53.4 cm³/mol. The molecule has 12 heavy (non-hydrogen) atoms. The molecule has 70 valence electrons. The minimum Gasteiger partial charge on any atom is -0.344 e. The largest absolute Gasteiger partial charge is 2.00 e. The van der Waals surface area contributed by atoms with Crippen molar-refractivity contribution in [1.82, 2.24) is 4.90 Å². The third-order valence-corrected chi connectivity index (χ3v) is 1.37. The van der Waals surface area contributed by atoms with Crippen LogP contribution in [0.1, 0.15) is 33.6 Å². The number of hydrogen-bond donors (Lipinski definition) is 0. The zero-order chi connectivity index (χ0) is 9.11. The van der Waals surface area contributed by atoms with E-state index in [0.717, 1.165) is 32.5 Å². The summed E-state index contributed by atoms with van der Waals surface area (Å²) in [4.78, 5) is 2.37. The zero-order valence-corrected chi connectivity index (χ0v) is 12.1. The van der Waals surface area contributed by atoms with Gasteiger partial charge in [0.05, 0.1) is 0 Å². The fraction of sp³-hybridized carbons (Fsp3) is 0.800. The van der Waals surface area contributed by atoms with E-state index in [9.17, 15) is 0 Å². The molecule has 0 radical (unpaired) electrons. The first-order valence-corrected chi connectivity index (χ1v) is 4.57. The summed E-state index contributed by atoms with van der Waals surface area (Å²) in [6.45, 7) is 17.1. The number of hydrogen-bond acceptors (Lipinski definition) is 1. The van der Waals surface area contributed by atoms with Gasteiger partial charge < -0.3 is 18.7 Å². The Morgan fingerprint density at radius 1 is 1.00 bits per heavy atom. The predicted octanol–water partition coefficient (Wildman–Crippen LogP) is 2.78. The minimum atomic E-state index is 0. The fourth-order valence-corrected chi connectivity index (χ4v) is 0.763. The van der Waals surface area contributed by atoms with E-state index in [-0.39, 0.29) is 19.5 Å². The molecule has 0 saturated carbocycles. The molecule has 0 aliphatic rings. The van der Waals surface area contributed by atoms with E-state index < -0.39 is 0 Å². The Morgan fingerprint density at radius 3 is 1.42 bits per heavy atom. The maximum absolute atomic E-state index is 3.78. The third-order valence-electron chi connectivity index (χ3n) is 1.37. The van der Waals surface area contributed by atoms with Gasteiger partial charge in [0, 0.05) is 0 Å². The molecule has 0 amide bonds. The molecular formula is C10H23NZn. The topological polar surface area (TPSA) is 3.24 Å². The van der Waals surface area contributed by atoms with Crippen LogP contribution < -0.4 is 0 Å². The van der Waals surface area contributed by atoms with Gasteiger partial charge in [0.2, 0.25) is 0 Å². The summed E-state index contributed by atoms with van der Waals surface area (Å²) in [6.07, 6.45) is 2.03. The molecule has 1 nitrogen and oxygen atoms in total. The summed E-state index contributed by atoms with van der Waals surface area (Å²) in [7, 11) is 0. The summed E-state index contributed by atoms with van der Waals surface area (Å²) in [5.74, 6) is 0. The second kappa shape index (κ2) is 17.6. The van der Waals surface area contributed by atoms with Crippen molar-refractivity contribution in [1.29, 1.82) is 0 Å². The van der Waals surface area contributed by atoms with Crippen molar-refractivity contribution in [2.24, 2.45) is 0 Å². The molecule has 0 N–H and O–H groups in total. The molecule has 0 heterocycles. The van der Waals surface area contributed by atoms with E-state index in [2.05, 4.69) is 32.6 Å². The van der Waals surface area contributed by atoms with Crippen LogP contribution in [-0.2, 0) is 19.5 Å². The van der Waals surface area contributed by atoms with E-state index in [1.54, 1.807) is 0 Å². The van der Waals surface area contributed by atoms with Gasteiger partial charge in [-0.05, 0) is 19.6 Å². The molecule has 0 aromatic carbocycles. The average molecular weight is 223 g/mol. The van der Waals surface area contributed by atoms with Crippen LogP contribution in [0.5, 0.6) is 0 Å². The van der Waals surface area contributed by atoms with Crippen LogP contribution in [0.3, 0.4) is 0 Å². The van der Waals surface area contributed by atoms with E-state index >= 15 is 0 Å². The minimum absolute atomic E-state index is 0. The van der Waals surface area contributed by atoms with Gasteiger partial charge in [-0.2, -0.15) is 12.8 Å². The smallest absolute Gasteiger partial charge is 0.344 e. The molecule has 0 bridgehead atoms. The molecule has 0 saturated heterocycles. The van der Waals surface area contributed by atoms with Gasteiger partial charge in [-0.25, -0.2) is 0 Å². The second-order valence-corrected chi connectivity index (χ2v) is 2.38. The third kappa shape index (κ3) is 16.9. The molecule has 0 aliphatic carbocycles. The molecule has 0 rings (SSSR count). The van der Waals surface area contributed by atoms with Gasteiger partial charge in [0.15, 0.2) is 0 Å². The van der Waals surface area contributed by atoms with Crippen LogP contribution in [0, 0.1) is 13.8 Å². The fourth-order valence-electron chi connectivity index (χ4n) is 0.763. The zero-order valence-electron chi connectivity index (χ0n) is 9.10. The molecule has 0 aromatic heterocycles. The van der Waals surface area contributed by atoms with E-state index in [0.29, 0.717) is 0 Å². The van der Waals surface area contributed by atoms with Crippen LogP contribution >= 0.6 is 0 Å². The Morgan fingerprint density at radius 2 is 1.33 bits per heavy atom. The normalized spacial score (nSPS) is 8.50. The van der Waals surface area contributed by atoms with Crippen molar-refractivity contribution in [3.05, 3.63) is 13.8 Å². The summed E-state index contributed by atoms with van der Waals surface area (Å²) >= 11 is 0. The summed E-state index contributed by atoms with van der Waals surface area (Å²) in [6, 6.07) is 0. The Kier molecular flexibility index (Phi) is 27.0. The molecule has 0 spiro atoms. The molecule has 0 fully saturated rings. The SMILES string of the molecule is [CH2-]CC.[CH2-]CCN(CC)CC.[Zn+2]. The van der Waals surface area contributed by atoms with Crippen molar-refractivity contribution < 1.29 is 19.5 Å². The molecule has 0 atom stereocenters.